The molecule has 6 heteroatoms. The first kappa shape index (κ1) is 15.1. The Morgan fingerprint density at radius 1 is 1.20 bits per heavy atom. The van der Waals surface area contributed by atoms with Crippen LogP contribution in [0.25, 0.3) is 0 Å². The lowest BCUT2D eigenvalue weighted by Crippen LogP contribution is -2.35. The second-order valence-electron chi connectivity index (χ2n) is 4.99. The molecule has 1 aromatic carbocycles. The van der Waals surface area contributed by atoms with Crippen LogP contribution in [-0.2, 0) is 12.8 Å². The fourth-order valence-corrected chi connectivity index (χ4v) is 2.38. The Balaban J connectivity index is 2.26. The summed E-state index contributed by atoms with van der Waals surface area (Å²) in [6, 6.07) is 3.47. The summed E-state index contributed by atoms with van der Waals surface area (Å²) in [5, 5.41) is 18.7. The molecule has 2 unspecified atom stereocenters. The summed E-state index contributed by atoms with van der Waals surface area (Å²) in [5.74, 6) is -0.291. The molecule has 0 spiro atoms. The van der Waals surface area contributed by atoms with E-state index in [1.54, 1.807) is 0 Å². The number of hydrogen-bond acceptors (Lipinski definition) is 3. The van der Waals surface area contributed by atoms with E-state index in [1.165, 1.54) is 12.1 Å². The first-order valence-electron chi connectivity index (χ1n) is 6.57. The van der Waals surface area contributed by atoms with Gasteiger partial charge in [-0.3, -0.25) is 0 Å². The molecule has 1 fully saturated rings. The summed E-state index contributed by atoms with van der Waals surface area (Å²) < 4.78 is 44.3. The molecular weight excluding hydrogens is 273 g/mol. The second-order valence-corrected chi connectivity index (χ2v) is 4.99. The number of hydrogen-bond donors (Lipinski definition) is 2. The van der Waals surface area contributed by atoms with Gasteiger partial charge < -0.3 is 14.9 Å². The van der Waals surface area contributed by atoms with Crippen molar-refractivity contribution in [2.75, 3.05) is 0 Å². The van der Waals surface area contributed by atoms with Crippen molar-refractivity contribution < 1.29 is 28.1 Å². The maximum atomic E-state index is 13.0. The fourth-order valence-electron chi connectivity index (χ4n) is 2.38. The van der Waals surface area contributed by atoms with E-state index in [4.69, 9.17) is 9.84 Å². The molecule has 1 saturated carbocycles. The highest BCUT2D eigenvalue weighted by molar-refractivity contribution is 5.39. The summed E-state index contributed by atoms with van der Waals surface area (Å²) in [5.41, 5.74) is -0.740. The quantitative estimate of drug-likeness (QED) is 0.900. The summed E-state index contributed by atoms with van der Waals surface area (Å²) in [7, 11) is 0. The molecule has 0 radical (unpaired) electrons. The lowest BCUT2D eigenvalue weighted by atomic mass is 9.94. The Labute approximate surface area is 115 Å². The highest BCUT2D eigenvalue weighted by Gasteiger charge is 2.36. The van der Waals surface area contributed by atoms with Gasteiger partial charge in [-0.15, -0.1) is 0 Å². The highest BCUT2D eigenvalue weighted by atomic mass is 19.4. The van der Waals surface area contributed by atoms with Gasteiger partial charge in [-0.05, 0) is 37.0 Å². The minimum Gasteiger partial charge on any atom is -0.487 e. The van der Waals surface area contributed by atoms with Crippen molar-refractivity contribution >= 4 is 0 Å². The third-order valence-corrected chi connectivity index (χ3v) is 3.48. The van der Waals surface area contributed by atoms with Gasteiger partial charge in [0.05, 0.1) is 18.3 Å². The van der Waals surface area contributed by atoms with E-state index in [2.05, 4.69) is 0 Å². The summed E-state index contributed by atoms with van der Waals surface area (Å²) in [4.78, 5) is 0. The molecule has 0 bridgehead atoms. The fraction of sp³-hybridized carbons (Fsp3) is 0.571. The molecule has 20 heavy (non-hydrogen) atoms. The molecule has 2 rings (SSSR count). The van der Waals surface area contributed by atoms with Gasteiger partial charge in [0.15, 0.2) is 0 Å². The Hall–Kier alpha value is -1.27. The molecule has 1 aliphatic rings. The molecule has 2 N–H and O–H groups in total. The van der Waals surface area contributed by atoms with Crippen molar-refractivity contribution in [1.82, 2.24) is 0 Å². The molecule has 1 aromatic rings. The van der Waals surface area contributed by atoms with Crippen LogP contribution < -0.4 is 4.74 Å². The van der Waals surface area contributed by atoms with Gasteiger partial charge in [-0.25, -0.2) is 0 Å². The zero-order valence-electron chi connectivity index (χ0n) is 10.9. The maximum Gasteiger partial charge on any atom is 0.419 e. The van der Waals surface area contributed by atoms with Crippen LogP contribution in [0.1, 0.15) is 36.8 Å². The minimum absolute atomic E-state index is 0.175. The van der Waals surface area contributed by atoms with Crippen molar-refractivity contribution in [3.05, 3.63) is 29.3 Å². The molecule has 0 heterocycles. The van der Waals surface area contributed by atoms with E-state index in [-0.39, 0.29) is 11.3 Å². The van der Waals surface area contributed by atoms with Gasteiger partial charge in [0.1, 0.15) is 11.9 Å². The van der Waals surface area contributed by atoms with Gasteiger partial charge in [-0.2, -0.15) is 13.2 Å². The number of aliphatic hydroxyl groups is 2. The lowest BCUT2D eigenvalue weighted by molar-refractivity contribution is -0.140. The van der Waals surface area contributed by atoms with Crippen LogP contribution in [0.3, 0.4) is 0 Å². The number of alkyl halides is 3. The number of benzene rings is 1. The third-order valence-electron chi connectivity index (χ3n) is 3.48. The summed E-state index contributed by atoms with van der Waals surface area (Å²) in [6.07, 6.45) is -3.12. The Morgan fingerprint density at radius 3 is 2.50 bits per heavy atom. The van der Waals surface area contributed by atoms with Crippen molar-refractivity contribution in [1.29, 1.82) is 0 Å². The topological polar surface area (TPSA) is 49.7 Å². The van der Waals surface area contributed by atoms with E-state index in [0.717, 1.165) is 18.9 Å². The van der Waals surface area contributed by atoms with Gasteiger partial charge in [0, 0.05) is 0 Å². The van der Waals surface area contributed by atoms with Crippen LogP contribution in [0.5, 0.6) is 5.75 Å². The Kier molecular flexibility index (Phi) is 4.55. The molecule has 3 nitrogen and oxygen atoms in total. The highest BCUT2D eigenvalue weighted by Crippen LogP contribution is 2.38. The SMILES string of the molecule is OCc1ccc(OC2CCCCC2O)c(C(F)(F)F)c1. The van der Waals surface area contributed by atoms with Crippen LogP contribution >= 0.6 is 0 Å². The summed E-state index contributed by atoms with van der Waals surface area (Å²) in [6.45, 7) is -0.463. The minimum atomic E-state index is -4.56. The lowest BCUT2D eigenvalue weighted by Gasteiger charge is -2.29. The predicted molar refractivity (Wildman–Crippen MR) is 66.3 cm³/mol. The van der Waals surface area contributed by atoms with Gasteiger partial charge in [0.2, 0.25) is 0 Å². The average Bonchev–Trinajstić information content (AvgIpc) is 2.40. The molecular formula is C14H17F3O3. The normalized spacial score (nSPS) is 23.6. The largest absolute Gasteiger partial charge is 0.487 e. The standard InChI is InChI=1S/C14H17F3O3/c15-14(16,17)10-7-9(8-18)5-6-12(10)20-13-4-2-1-3-11(13)19/h5-7,11,13,18-19H,1-4,8H2. The monoisotopic (exact) mass is 290 g/mol. The first-order valence-corrected chi connectivity index (χ1v) is 6.57. The van der Waals surface area contributed by atoms with Crippen molar-refractivity contribution in [3.8, 4) is 5.75 Å². The van der Waals surface area contributed by atoms with Crippen molar-refractivity contribution in [2.24, 2.45) is 0 Å². The number of ether oxygens (including phenoxy) is 1. The number of aliphatic hydroxyl groups excluding tert-OH is 2. The van der Waals surface area contributed by atoms with E-state index in [0.29, 0.717) is 12.8 Å². The molecule has 0 aliphatic heterocycles. The zero-order chi connectivity index (χ0) is 14.8. The van der Waals surface area contributed by atoms with Crippen LogP contribution in [0.4, 0.5) is 13.2 Å². The first-order chi connectivity index (χ1) is 9.41. The van der Waals surface area contributed by atoms with Gasteiger partial charge >= 0.3 is 6.18 Å². The average molecular weight is 290 g/mol. The Morgan fingerprint density at radius 2 is 1.90 bits per heavy atom. The van der Waals surface area contributed by atoms with Crippen molar-refractivity contribution in [2.45, 2.75) is 50.7 Å². The molecule has 1 aliphatic carbocycles. The van der Waals surface area contributed by atoms with Gasteiger partial charge in [-0.1, -0.05) is 12.5 Å². The molecule has 0 aromatic heterocycles. The third kappa shape index (κ3) is 3.43. The predicted octanol–water partition coefficient (Wildman–Crippen LogP) is 2.88. The Bertz CT molecular complexity index is 459. The molecule has 112 valence electrons. The van der Waals surface area contributed by atoms with E-state index in [9.17, 15) is 18.3 Å². The zero-order valence-corrected chi connectivity index (χ0v) is 10.9. The van der Waals surface area contributed by atoms with Gasteiger partial charge in [0.25, 0.3) is 0 Å². The number of rotatable bonds is 3. The maximum absolute atomic E-state index is 13.0. The van der Waals surface area contributed by atoms with Crippen molar-refractivity contribution in [3.63, 3.8) is 0 Å². The van der Waals surface area contributed by atoms with E-state index in [1.807, 2.05) is 0 Å². The smallest absolute Gasteiger partial charge is 0.419 e. The van der Waals surface area contributed by atoms with E-state index >= 15 is 0 Å². The second kappa shape index (κ2) is 6.01. The molecule has 0 saturated heterocycles. The molecule has 2 atom stereocenters. The van der Waals surface area contributed by atoms with Crippen LogP contribution in [0.15, 0.2) is 18.2 Å². The van der Waals surface area contributed by atoms with Crippen LogP contribution in [-0.4, -0.2) is 22.4 Å². The molecule has 0 amide bonds. The summed E-state index contributed by atoms with van der Waals surface area (Å²) >= 11 is 0. The van der Waals surface area contributed by atoms with Crippen LogP contribution in [0.2, 0.25) is 0 Å². The van der Waals surface area contributed by atoms with E-state index < -0.39 is 30.6 Å². The number of halogens is 3. The van der Waals surface area contributed by atoms with Crippen LogP contribution in [0, 0.1) is 0 Å².